The van der Waals surface area contributed by atoms with E-state index in [0.717, 1.165) is 16.8 Å². The van der Waals surface area contributed by atoms with Gasteiger partial charge in [0.2, 0.25) is 0 Å². The molecule has 1 atom stereocenters. The van der Waals surface area contributed by atoms with Crippen LogP contribution in [0.1, 0.15) is 41.5 Å². The lowest BCUT2D eigenvalue weighted by Gasteiger charge is -2.33. The molecule has 0 aliphatic carbocycles. The molecule has 0 aromatic rings. The van der Waals surface area contributed by atoms with Crippen molar-refractivity contribution < 1.29 is 13.1 Å². The zero-order chi connectivity index (χ0) is 13.5. The average molecular weight is 299 g/mol. The van der Waals surface area contributed by atoms with Crippen LogP contribution in [-0.2, 0) is 13.1 Å². The van der Waals surface area contributed by atoms with E-state index < -0.39 is 0 Å². The van der Waals surface area contributed by atoms with Gasteiger partial charge in [-0.3, -0.25) is 0 Å². The minimum Gasteiger partial charge on any atom is -0.377 e. The molecule has 3 nitrogen and oxygen atoms in total. The Labute approximate surface area is 118 Å². The first kappa shape index (κ1) is 17.8. The fraction of sp³-hybridized carbons (Fsp3) is 1.00. The zero-order valence-corrected chi connectivity index (χ0v) is 15.6. The maximum Gasteiger partial charge on any atom is 0.119 e. The summed E-state index contributed by atoms with van der Waals surface area (Å²) in [5.41, 5.74) is 0. The zero-order valence-electron chi connectivity index (χ0n) is 12.0. The predicted molar refractivity (Wildman–Crippen MR) is 81.4 cm³/mol. The summed E-state index contributed by atoms with van der Waals surface area (Å²) in [6.07, 6.45) is 0.537. The summed E-state index contributed by atoms with van der Waals surface area (Å²) in [4.78, 5) is 0. The monoisotopic (exact) mass is 298 g/mol. The molecule has 0 rings (SSSR count). The lowest BCUT2D eigenvalue weighted by molar-refractivity contribution is 0.0781. The fourth-order valence-electron chi connectivity index (χ4n) is 0.934. The molecule has 0 amide bonds. The highest BCUT2D eigenvalue weighted by Gasteiger charge is 2.36. The molecule has 0 heterocycles. The van der Waals surface area contributed by atoms with Crippen LogP contribution in [0.4, 0.5) is 0 Å². The van der Waals surface area contributed by atoms with Crippen molar-refractivity contribution in [1.29, 1.82) is 0 Å². The second-order valence-corrected chi connectivity index (χ2v) is 10.3. The molecule has 0 saturated heterocycles. The lowest BCUT2D eigenvalue weighted by Crippen LogP contribution is -2.37. The fourth-order valence-corrected chi connectivity index (χ4v) is 3.20. The number of hydrogen-bond donors (Lipinski definition) is 0. The van der Waals surface area contributed by atoms with E-state index >= 15 is 0 Å². The SMILES string of the molecule is CCOC(C)C([SiH3])(SOC(C)C)SOC(C)C. The topological polar surface area (TPSA) is 27.7 Å². The molecule has 0 radical (unpaired) electrons. The van der Waals surface area contributed by atoms with Gasteiger partial charge in [-0.2, -0.15) is 0 Å². The van der Waals surface area contributed by atoms with Crippen molar-refractivity contribution in [3.8, 4) is 0 Å². The smallest absolute Gasteiger partial charge is 0.119 e. The summed E-state index contributed by atoms with van der Waals surface area (Å²) in [5.74, 6) is 0. The molecule has 0 aliphatic rings. The third-order valence-electron chi connectivity index (χ3n) is 1.97. The molecule has 0 N–H and O–H groups in total. The molecule has 0 aliphatic heterocycles. The van der Waals surface area contributed by atoms with Gasteiger partial charge in [-0.25, -0.2) is 0 Å². The largest absolute Gasteiger partial charge is 0.377 e. The molecule has 0 spiro atoms. The van der Waals surface area contributed by atoms with Crippen molar-refractivity contribution in [2.24, 2.45) is 0 Å². The number of hydrogen-bond acceptors (Lipinski definition) is 5. The van der Waals surface area contributed by atoms with Crippen molar-refractivity contribution >= 4 is 34.3 Å². The Kier molecular flexibility index (Phi) is 9.24. The molecule has 104 valence electrons. The normalized spacial score (nSPS) is 14.8. The van der Waals surface area contributed by atoms with Crippen molar-refractivity contribution in [2.45, 2.75) is 63.6 Å². The lowest BCUT2D eigenvalue weighted by atomic mass is 10.4. The van der Waals surface area contributed by atoms with E-state index in [-0.39, 0.29) is 22.0 Å². The Morgan fingerprint density at radius 3 is 1.71 bits per heavy atom. The van der Waals surface area contributed by atoms with Crippen molar-refractivity contribution in [1.82, 2.24) is 0 Å². The van der Waals surface area contributed by atoms with Crippen LogP contribution in [-0.4, -0.2) is 38.9 Å². The first-order chi connectivity index (χ1) is 7.81. The van der Waals surface area contributed by atoms with E-state index in [4.69, 9.17) is 13.1 Å². The van der Waals surface area contributed by atoms with Gasteiger partial charge in [-0.15, -0.1) is 0 Å². The van der Waals surface area contributed by atoms with Crippen LogP contribution in [0.5, 0.6) is 0 Å². The van der Waals surface area contributed by atoms with E-state index in [1.54, 1.807) is 0 Å². The molecule has 0 aromatic heterocycles. The van der Waals surface area contributed by atoms with E-state index in [1.165, 1.54) is 24.1 Å². The Morgan fingerprint density at radius 1 is 1.00 bits per heavy atom. The summed E-state index contributed by atoms with van der Waals surface area (Å²) in [6, 6.07) is 0. The second-order valence-electron chi connectivity index (χ2n) is 4.57. The molecule has 0 aromatic carbocycles. The van der Waals surface area contributed by atoms with Crippen molar-refractivity contribution in [3.63, 3.8) is 0 Å². The van der Waals surface area contributed by atoms with Crippen LogP contribution in [0.25, 0.3) is 0 Å². The Balaban J connectivity index is 4.43. The summed E-state index contributed by atoms with van der Waals surface area (Å²) >= 11 is 2.99. The van der Waals surface area contributed by atoms with Gasteiger partial charge >= 0.3 is 0 Å². The van der Waals surface area contributed by atoms with E-state index in [0.29, 0.717) is 0 Å². The summed E-state index contributed by atoms with van der Waals surface area (Å²) in [5, 5.41) is 0. The van der Waals surface area contributed by atoms with Gasteiger partial charge in [0, 0.05) is 40.9 Å². The average Bonchev–Trinajstić information content (AvgIpc) is 2.24. The van der Waals surface area contributed by atoms with E-state index in [2.05, 4.69) is 6.92 Å². The van der Waals surface area contributed by atoms with Crippen LogP contribution < -0.4 is 0 Å². The number of rotatable bonds is 9. The number of ether oxygens (including phenoxy) is 1. The maximum absolute atomic E-state index is 5.70. The third kappa shape index (κ3) is 7.74. The van der Waals surface area contributed by atoms with Gasteiger partial charge in [0.05, 0.1) is 18.3 Å². The molecular weight excluding hydrogens is 272 g/mol. The van der Waals surface area contributed by atoms with E-state index in [1.807, 2.05) is 34.6 Å². The van der Waals surface area contributed by atoms with Crippen LogP contribution >= 0.6 is 24.1 Å². The van der Waals surface area contributed by atoms with Gasteiger partial charge in [-0.05, 0) is 41.5 Å². The highest BCUT2D eigenvalue weighted by molar-refractivity contribution is 8.15. The molecule has 0 saturated carbocycles. The Bertz CT molecular complexity index is 191. The van der Waals surface area contributed by atoms with Crippen LogP contribution in [0.3, 0.4) is 0 Å². The first-order valence-corrected chi connectivity index (χ1v) is 8.60. The Morgan fingerprint density at radius 2 is 1.41 bits per heavy atom. The van der Waals surface area contributed by atoms with E-state index in [9.17, 15) is 0 Å². The highest BCUT2D eigenvalue weighted by atomic mass is 32.2. The van der Waals surface area contributed by atoms with Crippen LogP contribution in [0, 0.1) is 0 Å². The standard InChI is InChI=1S/C11H26O3S2Si/c1-7-12-10(6)11(17,15-13-8(2)3)16-14-9(4)5/h8-10H,7H2,1-6,17H3. The van der Waals surface area contributed by atoms with Gasteiger partial charge < -0.3 is 13.1 Å². The molecular formula is C11H26O3S2Si. The summed E-state index contributed by atoms with van der Waals surface area (Å²) in [7, 11) is 0.928. The highest BCUT2D eigenvalue weighted by Crippen LogP contribution is 2.41. The summed E-state index contributed by atoms with van der Waals surface area (Å²) < 4.78 is 16.9. The minimum absolute atomic E-state index is 0.117. The molecule has 0 bridgehead atoms. The molecule has 17 heavy (non-hydrogen) atoms. The van der Waals surface area contributed by atoms with Gasteiger partial charge in [-0.1, -0.05) is 0 Å². The van der Waals surface area contributed by atoms with Crippen LogP contribution in [0.2, 0.25) is 0 Å². The van der Waals surface area contributed by atoms with Gasteiger partial charge in [0.15, 0.2) is 0 Å². The van der Waals surface area contributed by atoms with Gasteiger partial charge in [0.1, 0.15) is 3.70 Å². The van der Waals surface area contributed by atoms with Crippen LogP contribution in [0.15, 0.2) is 0 Å². The quantitative estimate of drug-likeness (QED) is 0.370. The maximum atomic E-state index is 5.70. The molecule has 0 fully saturated rings. The van der Waals surface area contributed by atoms with Crippen molar-refractivity contribution in [2.75, 3.05) is 6.61 Å². The third-order valence-corrected chi connectivity index (χ3v) is 6.48. The van der Waals surface area contributed by atoms with Gasteiger partial charge in [0.25, 0.3) is 0 Å². The summed E-state index contributed by atoms with van der Waals surface area (Å²) in [6.45, 7) is 13.0. The molecule has 6 heteroatoms. The predicted octanol–water partition coefficient (Wildman–Crippen LogP) is 2.58. The second kappa shape index (κ2) is 8.82. The Hall–Kier alpha value is 0.797. The first-order valence-electron chi connectivity index (χ1n) is 6.12. The minimum atomic E-state index is -0.120. The van der Waals surface area contributed by atoms with Crippen molar-refractivity contribution in [3.05, 3.63) is 0 Å². The molecule has 1 unspecified atom stereocenters.